The minimum atomic E-state index is -0.0560. The van der Waals surface area contributed by atoms with Gasteiger partial charge in [0.15, 0.2) is 5.65 Å². The number of pyridine rings is 1. The summed E-state index contributed by atoms with van der Waals surface area (Å²) in [6.07, 6.45) is 1.81. The molecule has 3 N–H and O–H groups in total. The number of fused-ring (bicyclic) bond motifs is 1. The van der Waals surface area contributed by atoms with Crippen molar-refractivity contribution in [3.63, 3.8) is 0 Å². The van der Waals surface area contributed by atoms with Gasteiger partial charge in [-0.1, -0.05) is 13.8 Å². The summed E-state index contributed by atoms with van der Waals surface area (Å²) in [6, 6.07) is 1.98. The molecule has 15 heavy (non-hydrogen) atoms. The van der Waals surface area contributed by atoms with E-state index in [1.165, 1.54) is 0 Å². The smallest absolute Gasteiger partial charge is 0.177 e. The van der Waals surface area contributed by atoms with E-state index >= 15 is 0 Å². The number of nitrogens with zero attached hydrogens (tertiary/aromatic N) is 2. The van der Waals surface area contributed by atoms with Crippen LogP contribution in [0.4, 0.5) is 0 Å². The van der Waals surface area contributed by atoms with Crippen molar-refractivity contribution in [2.75, 3.05) is 0 Å². The Morgan fingerprint density at radius 3 is 2.80 bits per heavy atom. The fourth-order valence-corrected chi connectivity index (χ4v) is 1.50. The standard InChI is InChI=1S/C11H16N4/c1-6(2)9(12)11-14-8-4-7(3)5-13-10(8)15-11/h4-6,9H,12H2,1-3H3,(H,13,14,15). The van der Waals surface area contributed by atoms with Crippen LogP contribution in [0.1, 0.15) is 31.3 Å². The number of aromatic nitrogens is 3. The highest BCUT2D eigenvalue weighted by molar-refractivity contribution is 5.71. The first-order chi connectivity index (χ1) is 7.08. The quantitative estimate of drug-likeness (QED) is 0.785. The average Bonchev–Trinajstić information content (AvgIpc) is 2.58. The van der Waals surface area contributed by atoms with Crippen LogP contribution in [0.3, 0.4) is 0 Å². The molecule has 2 rings (SSSR count). The van der Waals surface area contributed by atoms with E-state index in [1.54, 1.807) is 0 Å². The van der Waals surface area contributed by atoms with Gasteiger partial charge in [-0.05, 0) is 24.5 Å². The van der Waals surface area contributed by atoms with Crippen LogP contribution in [0, 0.1) is 12.8 Å². The Kier molecular flexibility index (Phi) is 2.44. The zero-order valence-electron chi connectivity index (χ0n) is 9.28. The van der Waals surface area contributed by atoms with Crippen LogP contribution < -0.4 is 5.73 Å². The summed E-state index contributed by atoms with van der Waals surface area (Å²) in [6.45, 7) is 6.17. The predicted molar refractivity (Wildman–Crippen MR) is 60.4 cm³/mol. The van der Waals surface area contributed by atoms with E-state index in [1.807, 2.05) is 19.2 Å². The van der Waals surface area contributed by atoms with E-state index < -0.39 is 0 Å². The molecule has 0 saturated carbocycles. The fourth-order valence-electron chi connectivity index (χ4n) is 1.50. The van der Waals surface area contributed by atoms with Gasteiger partial charge < -0.3 is 10.7 Å². The molecule has 0 fully saturated rings. The van der Waals surface area contributed by atoms with Crippen molar-refractivity contribution < 1.29 is 0 Å². The van der Waals surface area contributed by atoms with Crippen LogP contribution in [-0.4, -0.2) is 15.0 Å². The van der Waals surface area contributed by atoms with Crippen LogP contribution in [0.5, 0.6) is 0 Å². The molecule has 0 bridgehead atoms. The summed E-state index contributed by atoms with van der Waals surface area (Å²) in [5.74, 6) is 1.18. The zero-order valence-corrected chi connectivity index (χ0v) is 9.28. The van der Waals surface area contributed by atoms with E-state index in [-0.39, 0.29) is 6.04 Å². The third kappa shape index (κ3) is 1.85. The SMILES string of the molecule is Cc1cnc2nc(C(N)C(C)C)[nH]c2c1. The van der Waals surface area contributed by atoms with Crippen LogP contribution >= 0.6 is 0 Å². The molecule has 2 aromatic heterocycles. The van der Waals surface area contributed by atoms with Crippen molar-refractivity contribution in [3.05, 3.63) is 23.7 Å². The van der Waals surface area contributed by atoms with Crippen LogP contribution in [0.2, 0.25) is 0 Å². The van der Waals surface area contributed by atoms with Gasteiger partial charge >= 0.3 is 0 Å². The third-order valence-corrected chi connectivity index (χ3v) is 2.53. The van der Waals surface area contributed by atoms with Crippen molar-refractivity contribution in [1.29, 1.82) is 0 Å². The maximum atomic E-state index is 6.02. The second kappa shape index (κ2) is 3.62. The number of imidazole rings is 1. The van der Waals surface area contributed by atoms with E-state index in [4.69, 9.17) is 5.73 Å². The molecule has 0 spiro atoms. The molecule has 80 valence electrons. The first kappa shape index (κ1) is 10.1. The normalized spacial score (nSPS) is 13.7. The molecule has 0 radical (unpaired) electrons. The highest BCUT2D eigenvalue weighted by Gasteiger charge is 2.14. The number of rotatable bonds is 2. The summed E-state index contributed by atoms with van der Waals surface area (Å²) in [4.78, 5) is 11.8. The molecule has 0 amide bonds. The van der Waals surface area contributed by atoms with Crippen LogP contribution in [0.25, 0.3) is 11.2 Å². The topological polar surface area (TPSA) is 67.6 Å². The van der Waals surface area contributed by atoms with Gasteiger partial charge in [0.05, 0.1) is 11.6 Å². The average molecular weight is 204 g/mol. The summed E-state index contributed by atoms with van der Waals surface area (Å²) in [5.41, 5.74) is 8.84. The minimum absolute atomic E-state index is 0.0560. The van der Waals surface area contributed by atoms with Gasteiger partial charge in [0, 0.05) is 6.20 Å². The molecule has 4 heteroatoms. The van der Waals surface area contributed by atoms with Gasteiger partial charge in [-0.3, -0.25) is 0 Å². The fraction of sp³-hybridized carbons (Fsp3) is 0.455. The molecule has 0 aliphatic rings. The predicted octanol–water partition coefficient (Wildman–Crippen LogP) is 1.92. The Hall–Kier alpha value is -1.42. The minimum Gasteiger partial charge on any atom is -0.339 e. The van der Waals surface area contributed by atoms with Crippen molar-refractivity contribution >= 4 is 11.2 Å². The molecule has 1 atom stereocenters. The Labute approximate surface area is 88.9 Å². The highest BCUT2D eigenvalue weighted by Crippen LogP contribution is 2.19. The molecular weight excluding hydrogens is 188 g/mol. The van der Waals surface area contributed by atoms with Crippen molar-refractivity contribution in [1.82, 2.24) is 15.0 Å². The zero-order chi connectivity index (χ0) is 11.0. The molecule has 1 unspecified atom stereocenters. The maximum Gasteiger partial charge on any atom is 0.177 e. The third-order valence-electron chi connectivity index (χ3n) is 2.53. The highest BCUT2D eigenvalue weighted by atomic mass is 15.0. The Morgan fingerprint density at radius 1 is 1.40 bits per heavy atom. The molecular formula is C11H16N4. The summed E-state index contributed by atoms with van der Waals surface area (Å²) in [7, 11) is 0. The van der Waals surface area contributed by atoms with Gasteiger partial charge in [-0.25, -0.2) is 9.97 Å². The van der Waals surface area contributed by atoms with Crippen molar-refractivity contribution in [3.8, 4) is 0 Å². The number of nitrogens with two attached hydrogens (primary N) is 1. The van der Waals surface area contributed by atoms with E-state index in [2.05, 4.69) is 28.8 Å². The largest absolute Gasteiger partial charge is 0.339 e. The van der Waals surface area contributed by atoms with E-state index in [9.17, 15) is 0 Å². The Bertz CT molecular complexity index is 472. The molecule has 2 heterocycles. The number of H-pyrrole nitrogens is 1. The molecule has 0 aliphatic carbocycles. The lowest BCUT2D eigenvalue weighted by Gasteiger charge is -2.11. The Morgan fingerprint density at radius 2 is 2.13 bits per heavy atom. The van der Waals surface area contributed by atoms with Crippen LogP contribution in [0.15, 0.2) is 12.3 Å². The lowest BCUT2D eigenvalue weighted by molar-refractivity contribution is 0.495. The second-order valence-electron chi connectivity index (χ2n) is 4.28. The molecule has 4 nitrogen and oxygen atoms in total. The summed E-state index contributed by atoms with van der Waals surface area (Å²) in [5, 5.41) is 0. The summed E-state index contributed by atoms with van der Waals surface area (Å²) < 4.78 is 0. The number of hydrogen-bond acceptors (Lipinski definition) is 3. The van der Waals surface area contributed by atoms with Gasteiger partial charge in [-0.15, -0.1) is 0 Å². The van der Waals surface area contributed by atoms with Gasteiger partial charge in [-0.2, -0.15) is 0 Å². The number of aryl methyl sites for hydroxylation is 1. The second-order valence-corrected chi connectivity index (χ2v) is 4.28. The summed E-state index contributed by atoms with van der Waals surface area (Å²) >= 11 is 0. The van der Waals surface area contributed by atoms with E-state index in [0.29, 0.717) is 5.92 Å². The number of nitrogens with one attached hydrogen (secondary N) is 1. The van der Waals surface area contributed by atoms with Crippen molar-refractivity contribution in [2.45, 2.75) is 26.8 Å². The monoisotopic (exact) mass is 204 g/mol. The maximum absolute atomic E-state index is 6.02. The van der Waals surface area contributed by atoms with E-state index in [0.717, 1.165) is 22.6 Å². The van der Waals surface area contributed by atoms with Crippen molar-refractivity contribution in [2.24, 2.45) is 11.7 Å². The molecule has 0 saturated heterocycles. The lowest BCUT2D eigenvalue weighted by Crippen LogP contribution is -2.18. The lowest BCUT2D eigenvalue weighted by atomic mass is 10.1. The van der Waals surface area contributed by atoms with Gasteiger partial charge in [0.1, 0.15) is 5.82 Å². The van der Waals surface area contributed by atoms with Crippen LogP contribution in [-0.2, 0) is 0 Å². The Balaban J connectivity index is 2.47. The molecule has 0 aromatic carbocycles. The first-order valence-electron chi connectivity index (χ1n) is 5.16. The number of aromatic amines is 1. The molecule has 0 aliphatic heterocycles. The number of hydrogen-bond donors (Lipinski definition) is 2. The van der Waals surface area contributed by atoms with Gasteiger partial charge in [0.25, 0.3) is 0 Å². The molecule has 2 aromatic rings. The van der Waals surface area contributed by atoms with Gasteiger partial charge in [0.2, 0.25) is 0 Å². The first-order valence-corrected chi connectivity index (χ1v) is 5.16.